The summed E-state index contributed by atoms with van der Waals surface area (Å²) in [5.41, 5.74) is 0.779. The molecule has 96 valence electrons. The average Bonchev–Trinajstić information content (AvgIpc) is 2.86. The van der Waals surface area contributed by atoms with Crippen molar-refractivity contribution in [3.05, 3.63) is 36.1 Å². The van der Waals surface area contributed by atoms with Crippen LogP contribution in [0.15, 0.2) is 36.1 Å². The fourth-order valence-electron chi connectivity index (χ4n) is 3.26. The molecule has 18 heavy (non-hydrogen) atoms. The van der Waals surface area contributed by atoms with Gasteiger partial charge in [0.15, 0.2) is 0 Å². The Bertz CT molecular complexity index is 481. The number of quaternary nitrogens is 1. The van der Waals surface area contributed by atoms with E-state index in [1.807, 2.05) is 20.8 Å². The number of fused-ring (bicyclic) bond motifs is 5. The molecule has 1 saturated heterocycles. The summed E-state index contributed by atoms with van der Waals surface area (Å²) in [6.45, 7) is 6.51. The Morgan fingerprint density at radius 3 is 2.89 bits per heavy atom. The van der Waals surface area contributed by atoms with Crippen LogP contribution in [-0.2, 0) is 4.74 Å². The molecule has 0 radical (unpaired) electrons. The second kappa shape index (κ2) is 3.58. The van der Waals surface area contributed by atoms with Crippen LogP contribution < -0.4 is 0 Å². The van der Waals surface area contributed by atoms with Crippen LogP contribution >= 0.6 is 0 Å². The number of nitrogens with zero attached hydrogens (tertiary/aromatic N) is 1. The van der Waals surface area contributed by atoms with E-state index in [0.29, 0.717) is 10.4 Å². The molecule has 2 aliphatic heterocycles. The van der Waals surface area contributed by atoms with Gasteiger partial charge in [0.05, 0.1) is 5.92 Å². The van der Waals surface area contributed by atoms with E-state index in [1.54, 1.807) is 0 Å². The first-order valence-electron chi connectivity index (χ1n) is 6.60. The molecule has 0 aromatic rings. The highest BCUT2D eigenvalue weighted by atomic mass is 16.6. The zero-order valence-corrected chi connectivity index (χ0v) is 11.2. The lowest BCUT2D eigenvalue weighted by atomic mass is 10.0. The fourth-order valence-corrected chi connectivity index (χ4v) is 3.26. The number of hydrogen-bond acceptors (Lipinski definition) is 2. The van der Waals surface area contributed by atoms with Crippen molar-refractivity contribution >= 4 is 6.09 Å². The SMILES string of the molecule is CC(C)(C)OC(=O)[N+]12CC=CC=C1C1C=CC2C1. The van der Waals surface area contributed by atoms with Crippen molar-refractivity contribution in [2.45, 2.75) is 38.8 Å². The number of hydrogen-bond donors (Lipinski definition) is 0. The maximum absolute atomic E-state index is 12.6. The van der Waals surface area contributed by atoms with Crippen molar-refractivity contribution in [2.75, 3.05) is 6.54 Å². The third kappa shape index (κ3) is 1.50. The smallest absolute Gasteiger partial charge is 0.414 e. The van der Waals surface area contributed by atoms with Crippen LogP contribution in [0.2, 0.25) is 0 Å². The first kappa shape index (κ1) is 11.7. The molecule has 3 atom stereocenters. The number of ether oxygens (including phenoxy) is 1. The molecule has 2 bridgehead atoms. The van der Waals surface area contributed by atoms with Crippen LogP contribution in [0.1, 0.15) is 27.2 Å². The van der Waals surface area contributed by atoms with Gasteiger partial charge in [-0.15, -0.1) is 0 Å². The highest BCUT2D eigenvalue weighted by molar-refractivity contribution is 5.64. The summed E-state index contributed by atoms with van der Waals surface area (Å²) in [6, 6.07) is 0.265. The molecule has 0 spiro atoms. The van der Waals surface area contributed by atoms with Crippen molar-refractivity contribution < 1.29 is 14.0 Å². The molecule has 3 aliphatic rings. The number of amides is 1. The zero-order chi connectivity index (χ0) is 13.0. The standard InChI is InChI=1S/C15H20NO2/c1-15(2,3)18-14(17)16-9-5-4-6-13(16)11-7-8-12(16)10-11/h4-8,11-12H,9-10H2,1-3H3/q+1. The summed E-state index contributed by atoms with van der Waals surface area (Å²) in [7, 11) is 0. The second-order valence-electron chi connectivity index (χ2n) is 6.35. The van der Waals surface area contributed by atoms with Crippen LogP contribution in [0.5, 0.6) is 0 Å². The van der Waals surface area contributed by atoms with Gasteiger partial charge in [0, 0.05) is 6.42 Å². The lowest BCUT2D eigenvalue weighted by molar-refractivity contribution is -0.826. The number of allylic oxidation sites excluding steroid dienone is 3. The summed E-state index contributed by atoms with van der Waals surface area (Å²) < 4.78 is 6.03. The molecule has 0 aromatic heterocycles. The summed E-state index contributed by atoms with van der Waals surface area (Å²) >= 11 is 0. The van der Waals surface area contributed by atoms with Gasteiger partial charge in [0.2, 0.25) is 0 Å². The number of rotatable bonds is 0. The largest absolute Gasteiger partial charge is 0.522 e. The van der Waals surface area contributed by atoms with Gasteiger partial charge < -0.3 is 4.74 Å². The summed E-state index contributed by atoms with van der Waals surface area (Å²) in [5, 5.41) is 0. The first-order valence-corrected chi connectivity index (χ1v) is 6.60. The molecule has 2 heterocycles. The van der Waals surface area contributed by atoms with Gasteiger partial charge in [-0.1, -0.05) is 12.2 Å². The van der Waals surface area contributed by atoms with Gasteiger partial charge in [-0.05, 0) is 39.0 Å². The Morgan fingerprint density at radius 2 is 2.17 bits per heavy atom. The number of carbonyl (C=O) groups is 1. The normalized spacial score (nSPS) is 36.5. The van der Waals surface area contributed by atoms with E-state index in [0.717, 1.165) is 13.0 Å². The highest BCUT2D eigenvalue weighted by Gasteiger charge is 2.59. The minimum atomic E-state index is -0.429. The Labute approximate surface area is 108 Å². The van der Waals surface area contributed by atoms with Crippen molar-refractivity contribution in [2.24, 2.45) is 5.92 Å². The lowest BCUT2D eigenvalue weighted by Gasteiger charge is -2.39. The van der Waals surface area contributed by atoms with Gasteiger partial charge >= 0.3 is 6.09 Å². The molecule has 1 amide bonds. The number of carbonyl (C=O) groups excluding carboxylic acids is 1. The van der Waals surface area contributed by atoms with Gasteiger partial charge in [0.25, 0.3) is 0 Å². The van der Waals surface area contributed by atoms with Crippen LogP contribution in [-0.4, -0.2) is 28.8 Å². The van der Waals surface area contributed by atoms with Crippen molar-refractivity contribution in [1.82, 2.24) is 0 Å². The molecule has 3 rings (SSSR count). The Kier molecular flexibility index (Phi) is 2.33. The first-order chi connectivity index (χ1) is 8.43. The van der Waals surface area contributed by atoms with Gasteiger partial charge in [-0.25, -0.2) is 0 Å². The average molecular weight is 246 g/mol. The van der Waals surface area contributed by atoms with Crippen LogP contribution in [0, 0.1) is 5.92 Å². The third-order valence-electron chi connectivity index (χ3n) is 3.98. The van der Waals surface area contributed by atoms with Gasteiger partial charge in [-0.2, -0.15) is 9.28 Å². The topological polar surface area (TPSA) is 26.3 Å². The molecule has 0 aromatic carbocycles. The van der Waals surface area contributed by atoms with Gasteiger partial charge in [-0.3, -0.25) is 0 Å². The molecular weight excluding hydrogens is 226 g/mol. The van der Waals surface area contributed by atoms with E-state index < -0.39 is 5.60 Å². The maximum Gasteiger partial charge on any atom is 0.522 e. The highest BCUT2D eigenvalue weighted by Crippen LogP contribution is 2.48. The van der Waals surface area contributed by atoms with E-state index >= 15 is 0 Å². The molecule has 1 fully saturated rings. The molecule has 0 N–H and O–H groups in total. The van der Waals surface area contributed by atoms with Crippen molar-refractivity contribution in [1.29, 1.82) is 0 Å². The van der Waals surface area contributed by atoms with E-state index in [4.69, 9.17) is 4.74 Å². The molecule has 3 heteroatoms. The lowest BCUT2D eigenvalue weighted by Crippen LogP contribution is -2.57. The Morgan fingerprint density at radius 1 is 1.39 bits per heavy atom. The Hall–Kier alpha value is -1.35. The monoisotopic (exact) mass is 246 g/mol. The minimum absolute atomic E-state index is 0.102. The van der Waals surface area contributed by atoms with E-state index in [2.05, 4.69) is 30.4 Å². The zero-order valence-electron chi connectivity index (χ0n) is 11.2. The van der Waals surface area contributed by atoms with E-state index in [-0.39, 0.29) is 12.1 Å². The molecule has 3 unspecified atom stereocenters. The second-order valence-corrected chi connectivity index (χ2v) is 6.35. The molecular formula is C15H20NO2+. The van der Waals surface area contributed by atoms with E-state index in [1.165, 1.54) is 5.70 Å². The molecule has 3 nitrogen and oxygen atoms in total. The summed E-state index contributed by atoms with van der Waals surface area (Å²) in [6.07, 6.45) is 11.6. The molecule has 1 aliphatic carbocycles. The van der Waals surface area contributed by atoms with Gasteiger partial charge in [0.1, 0.15) is 23.9 Å². The van der Waals surface area contributed by atoms with Crippen molar-refractivity contribution in [3.8, 4) is 0 Å². The summed E-state index contributed by atoms with van der Waals surface area (Å²) in [5.74, 6) is 0.424. The van der Waals surface area contributed by atoms with Crippen LogP contribution in [0.4, 0.5) is 4.79 Å². The predicted molar refractivity (Wildman–Crippen MR) is 69.6 cm³/mol. The molecule has 0 saturated carbocycles. The Balaban J connectivity index is 1.98. The minimum Gasteiger partial charge on any atom is -0.414 e. The maximum atomic E-state index is 12.6. The van der Waals surface area contributed by atoms with Crippen molar-refractivity contribution in [3.63, 3.8) is 0 Å². The third-order valence-corrected chi connectivity index (χ3v) is 3.98. The predicted octanol–water partition coefficient (Wildman–Crippen LogP) is 3.15. The van der Waals surface area contributed by atoms with E-state index in [9.17, 15) is 4.79 Å². The van der Waals surface area contributed by atoms with Crippen LogP contribution in [0.3, 0.4) is 0 Å². The summed E-state index contributed by atoms with van der Waals surface area (Å²) in [4.78, 5) is 12.6. The van der Waals surface area contributed by atoms with Crippen LogP contribution in [0.25, 0.3) is 0 Å². The quantitative estimate of drug-likeness (QED) is 0.485. The fraction of sp³-hybridized carbons (Fsp3) is 0.533.